The minimum atomic E-state index is -0.938. The summed E-state index contributed by atoms with van der Waals surface area (Å²) in [7, 11) is 0. The number of esters is 1. The van der Waals surface area contributed by atoms with Gasteiger partial charge in [-0.25, -0.2) is 4.79 Å². The van der Waals surface area contributed by atoms with Crippen LogP contribution in [0.25, 0.3) is 0 Å². The second kappa shape index (κ2) is 10.0. The van der Waals surface area contributed by atoms with Crippen LogP contribution in [0.1, 0.15) is 60.9 Å². The molecule has 0 fully saturated rings. The third kappa shape index (κ3) is 6.77. The molecule has 7 heteroatoms. The predicted octanol–water partition coefficient (Wildman–Crippen LogP) is 3.49. The maximum absolute atomic E-state index is 12.4. The van der Waals surface area contributed by atoms with Crippen molar-refractivity contribution in [3.05, 3.63) is 65.2 Å². The lowest BCUT2D eigenvalue weighted by atomic mass is 9.86. The van der Waals surface area contributed by atoms with Crippen molar-refractivity contribution in [1.82, 2.24) is 5.32 Å². The van der Waals surface area contributed by atoms with E-state index in [1.807, 2.05) is 12.1 Å². The van der Waals surface area contributed by atoms with Crippen LogP contribution in [0.5, 0.6) is 0 Å². The third-order valence-corrected chi connectivity index (χ3v) is 4.64. The van der Waals surface area contributed by atoms with Gasteiger partial charge in [-0.05, 0) is 49.1 Å². The second-order valence-corrected chi connectivity index (χ2v) is 8.28. The number of ether oxygens (including phenoxy) is 1. The lowest BCUT2D eigenvalue weighted by molar-refractivity contribution is -0.148. The van der Waals surface area contributed by atoms with Gasteiger partial charge in [-0.1, -0.05) is 45.0 Å². The molecule has 0 radical (unpaired) electrons. The van der Waals surface area contributed by atoms with Gasteiger partial charge in [0.05, 0.1) is 5.69 Å². The van der Waals surface area contributed by atoms with Crippen LogP contribution in [0.2, 0.25) is 0 Å². The van der Waals surface area contributed by atoms with Crippen molar-refractivity contribution < 1.29 is 23.9 Å². The number of nitrogens with one attached hydrogen (secondary N) is 2. The van der Waals surface area contributed by atoms with Gasteiger partial charge in [-0.15, -0.1) is 0 Å². The minimum Gasteiger partial charge on any atom is -0.454 e. The van der Waals surface area contributed by atoms with Gasteiger partial charge in [0.2, 0.25) is 0 Å². The molecule has 31 heavy (non-hydrogen) atoms. The normalized spacial score (nSPS) is 11.9. The van der Waals surface area contributed by atoms with Crippen molar-refractivity contribution in [1.29, 1.82) is 0 Å². The molecule has 2 aromatic rings. The number of hydrogen-bond acceptors (Lipinski definition) is 5. The van der Waals surface area contributed by atoms with Crippen molar-refractivity contribution in [2.75, 3.05) is 11.9 Å². The minimum absolute atomic E-state index is 0.0302. The lowest BCUT2D eigenvalue weighted by Crippen LogP contribution is -2.40. The van der Waals surface area contributed by atoms with Gasteiger partial charge in [0.25, 0.3) is 11.8 Å². The average Bonchev–Trinajstić information content (AvgIpc) is 2.71. The summed E-state index contributed by atoms with van der Waals surface area (Å²) in [5.41, 5.74) is 2.19. The molecule has 164 valence electrons. The fourth-order valence-electron chi connectivity index (χ4n) is 2.81. The van der Waals surface area contributed by atoms with E-state index in [1.54, 1.807) is 36.4 Å². The molecule has 0 unspecified atom stereocenters. The molecule has 2 rings (SSSR count). The number of anilines is 1. The highest BCUT2D eigenvalue weighted by molar-refractivity contribution is 6.04. The van der Waals surface area contributed by atoms with Crippen LogP contribution in [0.4, 0.5) is 5.69 Å². The number of Topliss-reactive ketones (excluding diaryl/α,β-unsaturated/α-hetero) is 1. The van der Waals surface area contributed by atoms with E-state index in [0.29, 0.717) is 16.8 Å². The van der Waals surface area contributed by atoms with E-state index < -0.39 is 30.4 Å². The van der Waals surface area contributed by atoms with Crippen LogP contribution < -0.4 is 10.6 Å². The Labute approximate surface area is 182 Å². The molecular weight excluding hydrogens is 396 g/mol. The van der Waals surface area contributed by atoms with Crippen molar-refractivity contribution in [2.24, 2.45) is 0 Å². The second-order valence-electron chi connectivity index (χ2n) is 8.28. The third-order valence-electron chi connectivity index (χ3n) is 4.64. The number of benzene rings is 2. The summed E-state index contributed by atoms with van der Waals surface area (Å²) in [4.78, 5) is 48.2. The van der Waals surface area contributed by atoms with Gasteiger partial charge in [0.1, 0.15) is 6.04 Å². The maximum atomic E-state index is 12.4. The summed E-state index contributed by atoms with van der Waals surface area (Å²) in [6.07, 6.45) is 0. The topological polar surface area (TPSA) is 102 Å². The van der Waals surface area contributed by atoms with Crippen molar-refractivity contribution >= 4 is 29.3 Å². The zero-order chi connectivity index (χ0) is 23.2. The van der Waals surface area contributed by atoms with Crippen LogP contribution in [0.15, 0.2) is 48.5 Å². The molecule has 0 aliphatic heterocycles. The molecule has 0 spiro atoms. The Bertz CT molecular complexity index is 974. The molecule has 0 aliphatic rings. The first kappa shape index (κ1) is 23.8. The molecule has 0 aromatic heterocycles. The molecule has 0 saturated heterocycles. The maximum Gasteiger partial charge on any atom is 0.328 e. The first-order valence-electron chi connectivity index (χ1n) is 9.97. The Hall–Kier alpha value is -3.48. The average molecular weight is 424 g/mol. The largest absolute Gasteiger partial charge is 0.454 e. The van der Waals surface area contributed by atoms with Crippen LogP contribution in [-0.4, -0.2) is 36.2 Å². The van der Waals surface area contributed by atoms with Crippen LogP contribution in [-0.2, 0) is 19.7 Å². The van der Waals surface area contributed by atoms with E-state index >= 15 is 0 Å². The van der Waals surface area contributed by atoms with Crippen LogP contribution >= 0.6 is 0 Å². The highest BCUT2D eigenvalue weighted by Gasteiger charge is 2.20. The number of amides is 2. The summed E-state index contributed by atoms with van der Waals surface area (Å²) in [5.74, 6) is -1.93. The summed E-state index contributed by atoms with van der Waals surface area (Å²) in [6.45, 7) is 8.57. The SMILES string of the molecule is CC(=O)c1ccccc1NC(=O)COC(=O)[C@H](C)NC(=O)c1ccc(C(C)(C)C)cc1. The van der Waals surface area contributed by atoms with Crippen molar-refractivity contribution in [2.45, 2.75) is 46.1 Å². The van der Waals surface area contributed by atoms with E-state index in [-0.39, 0.29) is 11.2 Å². The van der Waals surface area contributed by atoms with Gasteiger partial charge in [0, 0.05) is 11.1 Å². The standard InChI is InChI=1S/C24H28N2O5/c1-15(25-22(29)17-10-12-18(13-11-17)24(3,4)5)23(30)31-14-21(28)26-20-9-7-6-8-19(20)16(2)27/h6-13,15H,14H2,1-5H3,(H,25,29)(H,26,28)/t15-/m0/s1. The molecule has 1 atom stereocenters. The number of rotatable bonds is 7. The Balaban J connectivity index is 1.87. The van der Waals surface area contributed by atoms with Crippen molar-refractivity contribution in [3.63, 3.8) is 0 Å². The first-order valence-corrected chi connectivity index (χ1v) is 9.97. The molecule has 0 aliphatic carbocycles. The van der Waals surface area contributed by atoms with E-state index in [4.69, 9.17) is 4.74 Å². The molecule has 0 saturated carbocycles. The summed E-state index contributed by atoms with van der Waals surface area (Å²) >= 11 is 0. The van der Waals surface area contributed by atoms with Crippen LogP contribution in [0, 0.1) is 0 Å². The Morgan fingerprint density at radius 2 is 1.58 bits per heavy atom. The lowest BCUT2D eigenvalue weighted by Gasteiger charge is -2.19. The van der Waals surface area contributed by atoms with Gasteiger partial charge >= 0.3 is 5.97 Å². The Kier molecular flexibility index (Phi) is 7.69. The number of para-hydroxylation sites is 1. The number of carbonyl (C=O) groups is 4. The van der Waals surface area contributed by atoms with Gasteiger partial charge in [0.15, 0.2) is 12.4 Å². The zero-order valence-electron chi connectivity index (χ0n) is 18.4. The van der Waals surface area contributed by atoms with Gasteiger partial charge in [-0.3, -0.25) is 14.4 Å². The first-order chi connectivity index (χ1) is 14.5. The van der Waals surface area contributed by atoms with E-state index in [2.05, 4.69) is 31.4 Å². The molecular formula is C24H28N2O5. The monoisotopic (exact) mass is 424 g/mol. The van der Waals surface area contributed by atoms with E-state index in [9.17, 15) is 19.2 Å². The zero-order valence-corrected chi connectivity index (χ0v) is 18.4. The van der Waals surface area contributed by atoms with Crippen molar-refractivity contribution in [3.8, 4) is 0 Å². The molecule has 2 amide bonds. The fraction of sp³-hybridized carbons (Fsp3) is 0.333. The van der Waals surface area contributed by atoms with E-state index in [0.717, 1.165) is 5.56 Å². The molecule has 0 bridgehead atoms. The fourth-order valence-corrected chi connectivity index (χ4v) is 2.81. The highest BCUT2D eigenvalue weighted by Crippen LogP contribution is 2.22. The quantitative estimate of drug-likeness (QED) is 0.523. The number of carbonyl (C=O) groups excluding carboxylic acids is 4. The summed E-state index contributed by atoms with van der Waals surface area (Å²) in [6, 6.07) is 12.8. The predicted molar refractivity (Wildman–Crippen MR) is 118 cm³/mol. The van der Waals surface area contributed by atoms with Gasteiger partial charge < -0.3 is 15.4 Å². The summed E-state index contributed by atoms with van der Waals surface area (Å²) < 4.78 is 4.99. The molecule has 7 nitrogen and oxygen atoms in total. The molecule has 0 heterocycles. The Morgan fingerprint density at radius 3 is 2.16 bits per heavy atom. The van der Waals surface area contributed by atoms with Crippen LogP contribution in [0.3, 0.4) is 0 Å². The Morgan fingerprint density at radius 1 is 0.968 bits per heavy atom. The smallest absolute Gasteiger partial charge is 0.328 e. The molecule has 2 N–H and O–H groups in total. The van der Waals surface area contributed by atoms with Gasteiger partial charge in [-0.2, -0.15) is 0 Å². The highest BCUT2D eigenvalue weighted by atomic mass is 16.5. The number of hydrogen-bond donors (Lipinski definition) is 2. The summed E-state index contributed by atoms with van der Waals surface area (Å²) in [5, 5.41) is 5.11. The number of ketones is 1. The van der Waals surface area contributed by atoms with E-state index in [1.165, 1.54) is 13.8 Å². The molecule has 2 aromatic carbocycles.